The molecule has 1 rings (SSSR count). The third kappa shape index (κ3) is 4.09. The molecular weight excluding hydrogens is 231 g/mol. The lowest BCUT2D eigenvalue weighted by atomic mass is 10.0. The van der Waals surface area contributed by atoms with Gasteiger partial charge in [0, 0.05) is 6.54 Å². The first-order valence-corrected chi connectivity index (χ1v) is 5.22. The van der Waals surface area contributed by atoms with Crippen molar-refractivity contribution in [3.8, 4) is 0 Å². The molecule has 0 aliphatic carbocycles. The van der Waals surface area contributed by atoms with Gasteiger partial charge in [0.25, 0.3) is 0 Å². The maximum atomic E-state index is 11.9. The Labute approximate surface area is 97.8 Å². The Bertz CT molecular complexity index is 413. The summed E-state index contributed by atoms with van der Waals surface area (Å²) in [5.41, 5.74) is 3.06. The Hall–Kier alpha value is -1.52. The summed E-state index contributed by atoms with van der Waals surface area (Å²) in [5, 5.41) is 1.85. The summed E-state index contributed by atoms with van der Waals surface area (Å²) in [6.45, 7) is 3.83. The minimum Gasteiger partial charge on any atom is -0.348 e. The first kappa shape index (κ1) is 13.5. The molecule has 0 aromatic heterocycles. The van der Waals surface area contributed by atoms with Gasteiger partial charge in [0.15, 0.2) is 0 Å². The number of hydrogen-bond donors (Lipinski definition) is 1. The maximum Gasteiger partial charge on any atom is 0.471 e. The molecule has 0 radical (unpaired) electrons. The van der Waals surface area contributed by atoms with Gasteiger partial charge in [0.2, 0.25) is 0 Å². The van der Waals surface area contributed by atoms with Crippen molar-refractivity contribution in [3.05, 3.63) is 34.9 Å². The second-order valence-corrected chi connectivity index (χ2v) is 3.93. The fraction of sp³-hybridized carbons (Fsp3) is 0.417. The zero-order chi connectivity index (χ0) is 13.1. The SMILES string of the molecule is Cc1ccc(CCNC(=O)C(F)(F)F)c(C)c1. The Kier molecular flexibility index (Phi) is 4.15. The summed E-state index contributed by atoms with van der Waals surface area (Å²) in [5.74, 6) is -1.89. The number of rotatable bonds is 3. The van der Waals surface area contributed by atoms with Crippen molar-refractivity contribution >= 4 is 5.91 Å². The Balaban J connectivity index is 2.49. The third-order valence-electron chi connectivity index (χ3n) is 2.44. The van der Waals surface area contributed by atoms with E-state index in [4.69, 9.17) is 0 Å². The van der Waals surface area contributed by atoms with E-state index in [1.165, 1.54) is 0 Å². The number of nitrogens with one attached hydrogen (secondary N) is 1. The molecule has 5 heteroatoms. The van der Waals surface area contributed by atoms with Gasteiger partial charge in [0.1, 0.15) is 0 Å². The van der Waals surface area contributed by atoms with Gasteiger partial charge in [-0.1, -0.05) is 23.8 Å². The Morgan fingerprint density at radius 3 is 2.47 bits per heavy atom. The van der Waals surface area contributed by atoms with Crippen molar-refractivity contribution < 1.29 is 18.0 Å². The van der Waals surface area contributed by atoms with E-state index in [2.05, 4.69) is 0 Å². The van der Waals surface area contributed by atoms with E-state index in [1.54, 1.807) is 0 Å². The van der Waals surface area contributed by atoms with E-state index in [-0.39, 0.29) is 6.54 Å². The van der Waals surface area contributed by atoms with Gasteiger partial charge < -0.3 is 5.32 Å². The molecule has 0 fully saturated rings. The van der Waals surface area contributed by atoms with Crippen molar-refractivity contribution in [2.75, 3.05) is 6.54 Å². The number of benzene rings is 1. The number of halogens is 3. The van der Waals surface area contributed by atoms with Crippen LogP contribution in [0.2, 0.25) is 0 Å². The maximum absolute atomic E-state index is 11.9. The molecule has 0 aliphatic heterocycles. The van der Waals surface area contributed by atoms with Crippen molar-refractivity contribution in [1.82, 2.24) is 5.32 Å². The molecule has 0 spiro atoms. The highest BCUT2D eigenvalue weighted by Gasteiger charge is 2.38. The molecule has 0 unspecified atom stereocenters. The van der Waals surface area contributed by atoms with Crippen LogP contribution < -0.4 is 5.32 Å². The average molecular weight is 245 g/mol. The van der Waals surface area contributed by atoms with Gasteiger partial charge in [-0.2, -0.15) is 13.2 Å². The van der Waals surface area contributed by atoms with Crippen LogP contribution in [0.25, 0.3) is 0 Å². The van der Waals surface area contributed by atoms with Crippen LogP contribution in [0.15, 0.2) is 18.2 Å². The van der Waals surface area contributed by atoms with E-state index < -0.39 is 12.1 Å². The summed E-state index contributed by atoms with van der Waals surface area (Å²) in [7, 11) is 0. The first-order valence-electron chi connectivity index (χ1n) is 5.22. The number of carbonyl (C=O) groups is 1. The fourth-order valence-electron chi connectivity index (χ4n) is 1.54. The van der Waals surface area contributed by atoms with Crippen molar-refractivity contribution in [2.45, 2.75) is 26.4 Å². The highest BCUT2D eigenvalue weighted by Crippen LogP contribution is 2.14. The largest absolute Gasteiger partial charge is 0.471 e. The second-order valence-electron chi connectivity index (χ2n) is 3.93. The molecule has 94 valence electrons. The zero-order valence-electron chi connectivity index (χ0n) is 9.69. The molecule has 0 bridgehead atoms. The predicted molar refractivity (Wildman–Crippen MR) is 58.7 cm³/mol. The van der Waals surface area contributed by atoms with E-state index in [0.717, 1.165) is 16.7 Å². The standard InChI is InChI=1S/C12H14F3NO/c1-8-3-4-10(9(2)7-8)5-6-16-11(17)12(13,14)15/h3-4,7H,5-6H2,1-2H3,(H,16,17). The summed E-state index contributed by atoms with van der Waals surface area (Å²) >= 11 is 0. The van der Waals surface area contributed by atoms with E-state index in [9.17, 15) is 18.0 Å². The molecule has 0 heterocycles. The Morgan fingerprint density at radius 2 is 1.94 bits per heavy atom. The van der Waals surface area contributed by atoms with E-state index in [1.807, 2.05) is 37.4 Å². The molecule has 0 atom stereocenters. The van der Waals surface area contributed by atoms with E-state index >= 15 is 0 Å². The normalized spacial score (nSPS) is 11.4. The predicted octanol–water partition coefficient (Wildman–Crippen LogP) is 2.52. The topological polar surface area (TPSA) is 29.1 Å². The molecule has 17 heavy (non-hydrogen) atoms. The van der Waals surface area contributed by atoms with Gasteiger partial charge >= 0.3 is 12.1 Å². The quantitative estimate of drug-likeness (QED) is 0.871. The van der Waals surface area contributed by atoms with Gasteiger partial charge in [-0.05, 0) is 31.4 Å². The molecule has 1 aromatic carbocycles. The summed E-state index contributed by atoms with van der Waals surface area (Å²) in [6, 6.07) is 5.72. The van der Waals surface area contributed by atoms with Crippen molar-refractivity contribution in [1.29, 1.82) is 0 Å². The number of amides is 1. The van der Waals surface area contributed by atoms with Crippen molar-refractivity contribution in [2.24, 2.45) is 0 Å². The van der Waals surface area contributed by atoms with Crippen LogP contribution in [0, 0.1) is 13.8 Å². The molecule has 0 saturated carbocycles. The van der Waals surface area contributed by atoms with Crippen LogP contribution in [0.4, 0.5) is 13.2 Å². The first-order chi connectivity index (χ1) is 7.80. The summed E-state index contributed by atoms with van der Waals surface area (Å²) in [6.07, 6.45) is -4.41. The van der Waals surface area contributed by atoms with Crippen LogP contribution in [-0.4, -0.2) is 18.6 Å². The highest BCUT2D eigenvalue weighted by atomic mass is 19.4. The smallest absolute Gasteiger partial charge is 0.348 e. The summed E-state index contributed by atoms with van der Waals surface area (Å²) < 4.78 is 35.7. The van der Waals surface area contributed by atoms with Crippen LogP contribution in [-0.2, 0) is 11.2 Å². The molecule has 0 aliphatic rings. The number of carbonyl (C=O) groups excluding carboxylic acids is 1. The zero-order valence-corrected chi connectivity index (χ0v) is 9.69. The van der Waals surface area contributed by atoms with Crippen LogP contribution in [0.3, 0.4) is 0 Å². The van der Waals surface area contributed by atoms with Crippen LogP contribution >= 0.6 is 0 Å². The van der Waals surface area contributed by atoms with Gasteiger partial charge in [-0.15, -0.1) is 0 Å². The van der Waals surface area contributed by atoms with Crippen LogP contribution in [0.5, 0.6) is 0 Å². The second kappa shape index (κ2) is 5.21. The number of alkyl halides is 3. The van der Waals surface area contributed by atoms with Gasteiger partial charge in [0.05, 0.1) is 0 Å². The number of hydrogen-bond acceptors (Lipinski definition) is 1. The fourth-order valence-corrected chi connectivity index (χ4v) is 1.54. The minimum absolute atomic E-state index is 0.0117. The molecular formula is C12H14F3NO. The molecule has 1 amide bonds. The Morgan fingerprint density at radius 1 is 1.29 bits per heavy atom. The minimum atomic E-state index is -4.80. The average Bonchev–Trinajstić information content (AvgIpc) is 2.19. The lowest BCUT2D eigenvalue weighted by Crippen LogP contribution is -2.37. The van der Waals surface area contributed by atoms with Crippen molar-refractivity contribution in [3.63, 3.8) is 0 Å². The number of aryl methyl sites for hydroxylation is 2. The monoisotopic (exact) mass is 245 g/mol. The summed E-state index contributed by atoms with van der Waals surface area (Å²) in [4.78, 5) is 10.6. The molecule has 0 saturated heterocycles. The van der Waals surface area contributed by atoms with Crippen LogP contribution in [0.1, 0.15) is 16.7 Å². The molecule has 1 N–H and O–H groups in total. The lowest BCUT2D eigenvalue weighted by Gasteiger charge is -2.09. The highest BCUT2D eigenvalue weighted by molar-refractivity contribution is 5.81. The lowest BCUT2D eigenvalue weighted by molar-refractivity contribution is -0.173. The third-order valence-corrected chi connectivity index (χ3v) is 2.44. The molecule has 2 nitrogen and oxygen atoms in total. The van der Waals surface area contributed by atoms with Gasteiger partial charge in [-0.25, -0.2) is 0 Å². The van der Waals surface area contributed by atoms with Gasteiger partial charge in [-0.3, -0.25) is 4.79 Å². The molecule has 1 aromatic rings. The van der Waals surface area contributed by atoms with E-state index in [0.29, 0.717) is 6.42 Å².